The number of hydrogen-bond donors (Lipinski definition) is 3. The van der Waals surface area contributed by atoms with E-state index in [2.05, 4.69) is 20.1 Å². The van der Waals surface area contributed by atoms with Gasteiger partial charge in [-0.2, -0.15) is 0 Å². The predicted molar refractivity (Wildman–Crippen MR) is 100 cm³/mol. The lowest BCUT2D eigenvalue weighted by Crippen LogP contribution is -2.44. The summed E-state index contributed by atoms with van der Waals surface area (Å²) >= 11 is 0. The minimum Gasteiger partial charge on any atom is -0.469 e. The molecule has 0 aliphatic carbocycles. The van der Waals surface area contributed by atoms with Crippen LogP contribution in [-0.2, 0) is 35.2 Å². The summed E-state index contributed by atoms with van der Waals surface area (Å²) in [6.45, 7) is -0.143. The number of alkyl carbamates (subject to hydrolysis) is 1. The lowest BCUT2D eigenvalue weighted by Gasteiger charge is -2.17. The number of amides is 2. The summed E-state index contributed by atoms with van der Waals surface area (Å²) < 4.78 is 14.1. The van der Waals surface area contributed by atoms with Gasteiger partial charge in [-0.05, 0) is 12.0 Å². The number of ether oxygens (including phenoxy) is 3. The Hall–Kier alpha value is -3.14. The van der Waals surface area contributed by atoms with E-state index in [1.807, 2.05) is 18.2 Å². The maximum atomic E-state index is 12.0. The van der Waals surface area contributed by atoms with Crippen LogP contribution in [0.5, 0.6) is 0 Å². The van der Waals surface area contributed by atoms with Crippen molar-refractivity contribution < 1.29 is 38.5 Å². The molecule has 0 bridgehead atoms. The van der Waals surface area contributed by atoms with Gasteiger partial charge in [-0.1, -0.05) is 30.3 Å². The number of carbonyl (C=O) groups excluding carboxylic acids is 4. The molecule has 0 radical (unpaired) electrons. The fourth-order valence-electron chi connectivity index (χ4n) is 2.27. The van der Waals surface area contributed by atoms with Gasteiger partial charge in [-0.15, -0.1) is 0 Å². The second-order valence-corrected chi connectivity index (χ2v) is 6.06. The fraction of sp³-hybridized carbons (Fsp3) is 0.474. The largest absolute Gasteiger partial charge is 0.469 e. The summed E-state index contributed by atoms with van der Waals surface area (Å²) in [5.74, 6) is -1.90. The highest BCUT2D eigenvalue weighted by Crippen LogP contribution is 2.03. The summed E-state index contributed by atoms with van der Waals surface area (Å²) in [6, 6.07) is 8.00. The Labute approximate surface area is 168 Å². The first-order valence-corrected chi connectivity index (χ1v) is 8.92. The second-order valence-electron chi connectivity index (χ2n) is 6.06. The van der Waals surface area contributed by atoms with Crippen molar-refractivity contribution in [1.29, 1.82) is 0 Å². The summed E-state index contributed by atoms with van der Waals surface area (Å²) in [4.78, 5) is 46.6. The van der Waals surface area contributed by atoms with Crippen molar-refractivity contribution in [3.63, 3.8) is 0 Å². The summed E-state index contributed by atoms with van der Waals surface area (Å²) in [5, 5.41) is 14.6. The van der Waals surface area contributed by atoms with E-state index in [1.165, 1.54) is 7.11 Å². The summed E-state index contributed by atoms with van der Waals surface area (Å²) in [5.41, 5.74) is 0.809. The number of nitrogens with one attached hydrogen (secondary N) is 2. The van der Waals surface area contributed by atoms with Crippen LogP contribution in [-0.4, -0.2) is 62.0 Å². The zero-order valence-electron chi connectivity index (χ0n) is 16.4. The molecule has 2 atom stereocenters. The van der Waals surface area contributed by atoms with E-state index < -0.39 is 36.1 Å². The topological polar surface area (TPSA) is 140 Å². The van der Waals surface area contributed by atoms with Gasteiger partial charge in [0, 0.05) is 13.0 Å². The highest BCUT2D eigenvalue weighted by molar-refractivity contribution is 5.85. The lowest BCUT2D eigenvalue weighted by atomic mass is 10.1. The van der Waals surface area contributed by atoms with Gasteiger partial charge in [-0.3, -0.25) is 9.59 Å². The molecule has 0 saturated carbocycles. The molecule has 160 valence electrons. The standard InChI is InChI=1S/C19H26N2O8/c1-27-17(24)9-8-15(18(25)28-2)21-16(23)10-14(22)11-20-19(26)29-12-13-6-4-3-5-7-13/h3-7,14-15,22H,8-12H2,1-2H3,(H,20,26)(H,21,23)/t14-,15+/m1/s1. The Balaban J connectivity index is 2.35. The molecule has 3 N–H and O–H groups in total. The maximum absolute atomic E-state index is 12.0. The molecule has 0 spiro atoms. The monoisotopic (exact) mass is 410 g/mol. The summed E-state index contributed by atoms with van der Waals surface area (Å²) in [7, 11) is 2.36. The normalized spacial score (nSPS) is 12.2. The van der Waals surface area contributed by atoms with Crippen LogP contribution in [0.3, 0.4) is 0 Å². The Morgan fingerprint density at radius 3 is 2.38 bits per heavy atom. The van der Waals surface area contributed by atoms with E-state index >= 15 is 0 Å². The molecule has 1 aromatic carbocycles. The lowest BCUT2D eigenvalue weighted by molar-refractivity contribution is -0.146. The van der Waals surface area contributed by atoms with Gasteiger partial charge in [0.2, 0.25) is 5.91 Å². The number of aliphatic hydroxyl groups is 1. The van der Waals surface area contributed by atoms with Crippen molar-refractivity contribution in [2.45, 2.75) is 38.0 Å². The number of benzene rings is 1. The SMILES string of the molecule is COC(=O)CC[C@H](NC(=O)C[C@@H](O)CNC(=O)OCc1ccccc1)C(=O)OC. The molecule has 29 heavy (non-hydrogen) atoms. The quantitative estimate of drug-likeness (QED) is 0.349. The molecule has 0 aliphatic heterocycles. The number of aliphatic hydroxyl groups excluding tert-OH is 1. The van der Waals surface area contributed by atoms with Gasteiger partial charge in [0.25, 0.3) is 0 Å². The molecule has 2 amide bonds. The molecule has 0 unspecified atom stereocenters. The molecule has 1 rings (SSSR count). The van der Waals surface area contributed by atoms with E-state index in [1.54, 1.807) is 12.1 Å². The number of rotatable bonds is 11. The average Bonchev–Trinajstić information content (AvgIpc) is 2.73. The molecule has 0 fully saturated rings. The van der Waals surface area contributed by atoms with Crippen LogP contribution in [0.25, 0.3) is 0 Å². The van der Waals surface area contributed by atoms with Crippen molar-refractivity contribution in [2.24, 2.45) is 0 Å². The molecule has 0 heterocycles. The van der Waals surface area contributed by atoms with Gasteiger partial charge in [0.15, 0.2) is 0 Å². The maximum Gasteiger partial charge on any atom is 0.407 e. The third kappa shape index (κ3) is 10.1. The van der Waals surface area contributed by atoms with Crippen molar-refractivity contribution >= 4 is 23.9 Å². The number of carbonyl (C=O) groups is 4. The molecular weight excluding hydrogens is 384 g/mol. The van der Waals surface area contributed by atoms with Gasteiger partial charge in [0.1, 0.15) is 12.6 Å². The minimum atomic E-state index is -1.20. The van der Waals surface area contributed by atoms with Crippen molar-refractivity contribution in [3.05, 3.63) is 35.9 Å². The molecule has 0 aliphatic rings. The predicted octanol–water partition coefficient (Wildman–Crippen LogP) is 0.275. The molecular formula is C19H26N2O8. The Morgan fingerprint density at radius 1 is 1.07 bits per heavy atom. The molecule has 10 heteroatoms. The first kappa shape index (κ1) is 23.9. The van der Waals surface area contributed by atoms with Crippen LogP contribution in [0.4, 0.5) is 4.79 Å². The van der Waals surface area contributed by atoms with E-state index in [4.69, 9.17) is 4.74 Å². The number of methoxy groups -OCH3 is 2. The number of hydrogen-bond acceptors (Lipinski definition) is 8. The molecule has 0 aromatic heterocycles. The highest BCUT2D eigenvalue weighted by atomic mass is 16.5. The smallest absolute Gasteiger partial charge is 0.407 e. The van der Waals surface area contributed by atoms with Crippen LogP contribution < -0.4 is 10.6 Å². The fourth-order valence-corrected chi connectivity index (χ4v) is 2.27. The number of esters is 2. The third-order valence-electron chi connectivity index (χ3n) is 3.80. The Morgan fingerprint density at radius 2 is 1.76 bits per heavy atom. The first-order valence-electron chi connectivity index (χ1n) is 8.92. The molecule has 1 aromatic rings. The van der Waals surface area contributed by atoms with Crippen molar-refractivity contribution in [1.82, 2.24) is 10.6 Å². The Kier molecular flexibility index (Phi) is 10.8. The van der Waals surface area contributed by atoms with Gasteiger partial charge < -0.3 is 30.0 Å². The van der Waals surface area contributed by atoms with Gasteiger partial charge >= 0.3 is 18.0 Å². The minimum absolute atomic E-state index is 0.00869. The molecule has 10 nitrogen and oxygen atoms in total. The van der Waals surface area contributed by atoms with Crippen LogP contribution in [0, 0.1) is 0 Å². The van der Waals surface area contributed by atoms with Crippen LogP contribution in [0.1, 0.15) is 24.8 Å². The average molecular weight is 410 g/mol. The zero-order valence-corrected chi connectivity index (χ0v) is 16.4. The Bertz CT molecular complexity index is 680. The van der Waals surface area contributed by atoms with Crippen LogP contribution >= 0.6 is 0 Å². The van der Waals surface area contributed by atoms with E-state index in [0.29, 0.717) is 0 Å². The van der Waals surface area contributed by atoms with Crippen molar-refractivity contribution in [3.8, 4) is 0 Å². The van der Waals surface area contributed by atoms with Crippen LogP contribution in [0.15, 0.2) is 30.3 Å². The van der Waals surface area contributed by atoms with Gasteiger partial charge in [-0.25, -0.2) is 9.59 Å². The second kappa shape index (κ2) is 13.1. The van der Waals surface area contributed by atoms with Crippen molar-refractivity contribution in [2.75, 3.05) is 20.8 Å². The van der Waals surface area contributed by atoms with Crippen LogP contribution in [0.2, 0.25) is 0 Å². The van der Waals surface area contributed by atoms with Gasteiger partial charge in [0.05, 0.1) is 26.7 Å². The van der Waals surface area contributed by atoms with E-state index in [0.717, 1.165) is 12.7 Å². The zero-order chi connectivity index (χ0) is 21.6. The highest BCUT2D eigenvalue weighted by Gasteiger charge is 2.24. The van der Waals surface area contributed by atoms with E-state index in [9.17, 15) is 24.3 Å². The molecule has 0 saturated heterocycles. The first-order chi connectivity index (χ1) is 13.8. The summed E-state index contributed by atoms with van der Waals surface area (Å²) in [6.07, 6.45) is -2.40. The third-order valence-corrected chi connectivity index (χ3v) is 3.80. The van der Waals surface area contributed by atoms with E-state index in [-0.39, 0.29) is 32.4 Å².